The maximum absolute atomic E-state index is 12.0. The molecule has 1 aromatic rings. The zero-order chi connectivity index (χ0) is 17.5. The Bertz CT molecular complexity index is 591. The predicted octanol–water partition coefficient (Wildman–Crippen LogP) is 3.29. The fourth-order valence-electron chi connectivity index (χ4n) is 2.66. The van der Waals surface area contributed by atoms with Crippen molar-refractivity contribution in [1.29, 1.82) is 0 Å². The van der Waals surface area contributed by atoms with E-state index in [9.17, 15) is 9.59 Å². The molecule has 1 fully saturated rings. The third kappa shape index (κ3) is 5.67. The summed E-state index contributed by atoms with van der Waals surface area (Å²) in [6, 6.07) is 5.11. The minimum absolute atomic E-state index is 0.0937. The summed E-state index contributed by atoms with van der Waals surface area (Å²) >= 11 is 9.22. The van der Waals surface area contributed by atoms with Gasteiger partial charge in [-0.15, -0.1) is 0 Å². The third-order valence-electron chi connectivity index (χ3n) is 4.02. The molecular weight excluding hydrogens is 396 g/mol. The van der Waals surface area contributed by atoms with Crippen LogP contribution in [0.15, 0.2) is 22.7 Å². The third-order valence-corrected chi connectivity index (χ3v) is 4.87. The molecule has 0 aliphatic heterocycles. The molecule has 0 heterocycles. The van der Waals surface area contributed by atoms with Crippen molar-refractivity contribution < 1.29 is 14.3 Å². The Morgan fingerprint density at radius 1 is 1.29 bits per heavy atom. The minimum atomic E-state index is -0.645. The van der Waals surface area contributed by atoms with Crippen LogP contribution in [0.2, 0.25) is 5.02 Å². The van der Waals surface area contributed by atoms with Gasteiger partial charge in [-0.25, -0.2) is 0 Å². The van der Waals surface area contributed by atoms with Gasteiger partial charge in [-0.3, -0.25) is 9.59 Å². The molecule has 1 aromatic carbocycles. The smallest absolute Gasteiger partial charge is 0.260 e. The number of carbonyl (C=O) groups is 2. The number of hydrogen-bond acceptors (Lipinski definition) is 3. The topological polar surface area (TPSA) is 67.4 Å². The van der Waals surface area contributed by atoms with Crippen LogP contribution in [0.25, 0.3) is 0 Å². The molecule has 0 bridgehead atoms. The van der Waals surface area contributed by atoms with Crippen LogP contribution >= 0.6 is 27.5 Å². The summed E-state index contributed by atoms with van der Waals surface area (Å²) in [5, 5.41) is 6.21. The van der Waals surface area contributed by atoms with E-state index in [4.69, 9.17) is 16.3 Å². The number of ether oxygens (including phenoxy) is 1. The second-order valence-electron chi connectivity index (χ2n) is 5.90. The number of halogens is 2. The lowest BCUT2D eigenvalue weighted by Gasteiger charge is -2.16. The maximum atomic E-state index is 12.0. The van der Waals surface area contributed by atoms with Crippen LogP contribution in [0.4, 0.5) is 0 Å². The Balaban J connectivity index is 1.68. The molecule has 2 amide bonds. The zero-order valence-electron chi connectivity index (χ0n) is 13.6. The van der Waals surface area contributed by atoms with Gasteiger partial charge >= 0.3 is 0 Å². The van der Waals surface area contributed by atoms with E-state index >= 15 is 0 Å². The molecule has 2 rings (SSSR count). The first-order valence-corrected chi connectivity index (χ1v) is 9.31. The van der Waals surface area contributed by atoms with Gasteiger partial charge in [0.1, 0.15) is 5.75 Å². The number of nitrogens with one attached hydrogen (secondary N) is 2. The first kappa shape index (κ1) is 19.1. The molecule has 1 aliphatic rings. The lowest BCUT2D eigenvalue weighted by molar-refractivity contribution is -0.128. The Hall–Kier alpha value is -1.27. The highest BCUT2D eigenvalue weighted by Crippen LogP contribution is 2.28. The summed E-state index contributed by atoms with van der Waals surface area (Å²) in [7, 11) is 0. The Morgan fingerprint density at radius 3 is 2.62 bits per heavy atom. The van der Waals surface area contributed by atoms with Crippen molar-refractivity contribution in [2.24, 2.45) is 5.92 Å². The van der Waals surface area contributed by atoms with Crippen molar-refractivity contribution in [1.82, 2.24) is 10.6 Å². The highest BCUT2D eigenvalue weighted by Gasteiger charge is 2.22. The second-order valence-corrected chi connectivity index (χ2v) is 7.19. The van der Waals surface area contributed by atoms with Gasteiger partial charge in [-0.1, -0.05) is 24.4 Å². The lowest BCUT2D eigenvalue weighted by atomic mass is 10.1. The van der Waals surface area contributed by atoms with Crippen molar-refractivity contribution in [2.75, 3.05) is 13.1 Å². The molecule has 0 aromatic heterocycles. The fourth-order valence-corrected chi connectivity index (χ4v) is 3.44. The summed E-state index contributed by atoms with van der Waals surface area (Å²) in [5.74, 6) is 0.560. The molecule has 7 heteroatoms. The molecule has 1 saturated carbocycles. The van der Waals surface area contributed by atoms with E-state index in [-0.39, 0.29) is 17.7 Å². The minimum Gasteiger partial charge on any atom is -0.480 e. The molecule has 24 heavy (non-hydrogen) atoms. The summed E-state index contributed by atoms with van der Waals surface area (Å²) < 4.78 is 6.31. The molecule has 2 N–H and O–H groups in total. The SMILES string of the molecule is CC(Oc1ccc(Cl)cc1Br)C(=O)NCCNC(=O)C1CCCC1. The molecular formula is C17H22BrClN2O3. The van der Waals surface area contributed by atoms with Crippen LogP contribution in [0, 0.1) is 5.92 Å². The first-order chi connectivity index (χ1) is 11.5. The second kappa shape index (κ2) is 9.28. The van der Waals surface area contributed by atoms with Crippen LogP contribution in [0.5, 0.6) is 5.75 Å². The zero-order valence-corrected chi connectivity index (χ0v) is 16.0. The van der Waals surface area contributed by atoms with Gasteiger partial charge in [-0.2, -0.15) is 0 Å². The van der Waals surface area contributed by atoms with Crippen LogP contribution in [0.1, 0.15) is 32.6 Å². The Labute approximate surface area is 155 Å². The number of amides is 2. The van der Waals surface area contributed by atoms with E-state index in [1.54, 1.807) is 25.1 Å². The van der Waals surface area contributed by atoms with Gasteiger partial charge in [-0.05, 0) is 53.9 Å². The van der Waals surface area contributed by atoms with Crippen molar-refractivity contribution in [2.45, 2.75) is 38.7 Å². The van der Waals surface area contributed by atoms with E-state index in [1.165, 1.54) is 0 Å². The fraction of sp³-hybridized carbons (Fsp3) is 0.529. The number of benzene rings is 1. The molecule has 0 spiro atoms. The Morgan fingerprint density at radius 2 is 1.96 bits per heavy atom. The predicted molar refractivity (Wildman–Crippen MR) is 97.2 cm³/mol. The average molecular weight is 418 g/mol. The molecule has 132 valence electrons. The highest BCUT2D eigenvalue weighted by molar-refractivity contribution is 9.10. The van der Waals surface area contributed by atoms with Crippen molar-refractivity contribution in [3.8, 4) is 5.75 Å². The summed E-state index contributed by atoms with van der Waals surface area (Å²) in [6.45, 7) is 2.48. The van der Waals surface area contributed by atoms with Gasteiger partial charge in [0.25, 0.3) is 5.91 Å². The number of hydrogen-bond donors (Lipinski definition) is 2. The first-order valence-electron chi connectivity index (χ1n) is 8.14. The molecule has 1 aliphatic carbocycles. The van der Waals surface area contributed by atoms with Crippen molar-refractivity contribution in [3.63, 3.8) is 0 Å². The van der Waals surface area contributed by atoms with Gasteiger partial charge in [0.15, 0.2) is 6.10 Å². The molecule has 1 unspecified atom stereocenters. The summed E-state index contributed by atoms with van der Waals surface area (Å²) in [4.78, 5) is 23.9. The van der Waals surface area contributed by atoms with Gasteiger partial charge < -0.3 is 15.4 Å². The van der Waals surface area contributed by atoms with E-state index < -0.39 is 6.10 Å². The van der Waals surface area contributed by atoms with E-state index in [0.717, 1.165) is 25.7 Å². The van der Waals surface area contributed by atoms with E-state index in [2.05, 4.69) is 26.6 Å². The summed E-state index contributed by atoms with van der Waals surface area (Å²) in [6.07, 6.45) is 3.55. The molecule has 5 nitrogen and oxygen atoms in total. The monoisotopic (exact) mass is 416 g/mol. The molecule has 0 saturated heterocycles. The normalized spacial score (nSPS) is 15.8. The van der Waals surface area contributed by atoms with Crippen LogP contribution in [-0.2, 0) is 9.59 Å². The molecule has 0 radical (unpaired) electrons. The quantitative estimate of drug-likeness (QED) is 0.669. The standard InChI is InChI=1S/C17H22BrClN2O3/c1-11(24-15-7-6-13(19)10-14(15)18)16(22)20-8-9-21-17(23)12-4-2-3-5-12/h6-7,10-12H,2-5,8-9H2,1H3,(H,20,22)(H,21,23). The van der Waals surface area contributed by atoms with Crippen molar-refractivity contribution in [3.05, 3.63) is 27.7 Å². The lowest BCUT2D eigenvalue weighted by Crippen LogP contribution is -2.41. The molecule has 1 atom stereocenters. The van der Waals surface area contributed by atoms with Crippen molar-refractivity contribution >= 4 is 39.3 Å². The largest absolute Gasteiger partial charge is 0.480 e. The van der Waals surface area contributed by atoms with Crippen LogP contribution in [-0.4, -0.2) is 31.0 Å². The van der Waals surface area contributed by atoms with Crippen LogP contribution < -0.4 is 15.4 Å². The average Bonchev–Trinajstić information content (AvgIpc) is 3.08. The van der Waals surface area contributed by atoms with Gasteiger partial charge in [0.05, 0.1) is 4.47 Å². The van der Waals surface area contributed by atoms with E-state index in [0.29, 0.717) is 28.3 Å². The maximum Gasteiger partial charge on any atom is 0.260 e. The number of carbonyl (C=O) groups excluding carboxylic acids is 2. The number of rotatable bonds is 7. The van der Waals surface area contributed by atoms with Crippen LogP contribution in [0.3, 0.4) is 0 Å². The van der Waals surface area contributed by atoms with Gasteiger partial charge in [0, 0.05) is 24.0 Å². The highest BCUT2D eigenvalue weighted by atomic mass is 79.9. The van der Waals surface area contributed by atoms with E-state index in [1.807, 2.05) is 0 Å². The van der Waals surface area contributed by atoms with Gasteiger partial charge in [0.2, 0.25) is 5.91 Å². The Kier molecular flexibility index (Phi) is 7.37. The summed E-state index contributed by atoms with van der Waals surface area (Å²) in [5.41, 5.74) is 0.